The first-order valence-electron chi connectivity index (χ1n) is 6.62. The average Bonchev–Trinajstić information content (AvgIpc) is 2.96. The minimum Gasteiger partial charge on any atom is -0.497 e. The first-order valence-corrected chi connectivity index (χ1v) is 6.62. The van der Waals surface area contributed by atoms with E-state index in [1.165, 1.54) is 0 Å². The van der Waals surface area contributed by atoms with E-state index in [4.69, 9.17) is 10.5 Å². The van der Waals surface area contributed by atoms with E-state index >= 15 is 0 Å². The molecule has 2 heterocycles. The Hall–Kier alpha value is -2.82. The molecule has 2 aromatic heterocycles. The zero-order chi connectivity index (χ0) is 14.7. The molecule has 0 atom stereocenters. The van der Waals surface area contributed by atoms with Crippen molar-refractivity contribution >= 4 is 5.82 Å². The van der Waals surface area contributed by atoms with E-state index in [-0.39, 0.29) is 0 Å². The van der Waals surface area contributed by atoms with Crippen LogP contribution in [-0.4, -0.2) is 21.6 Å². The maximum absolute atomic E-state index is 5.94. The second kappa shape index (κ2) is 5.66. The highest BCUT2D eigenvalue weighted by atomic mass is 16.5. The molecule has 21 heavy (non-hydrogen) atoms. The maximum atomic E-state index is 5.94. The van der Waals surface area contributed by atoms with E-state index in [0.717, 1.165) is 22.6 Å². The number of aromatic nitrogens is 3. The Labute approximate surface area is 123 Å². The molecule has 106 valence electrons. The van der Waals surface area contributed by atoms with Crippen molar-refractivity contribution in [2.24, 2.45) is 0 Å². The third kappa shape index (κ3) is 2.72. The first kappa shape index (κ1) is 13.2. The number of ether oxygens (including phenoxy) is 1. The first-order chi connectivity index (χ1) is 10.3. The number of hydrogen-bond donors (Lipinski definition) is 1. The van der Waals surface area contributed by atoms with E-state index in [1.54, 1.807) is 25.8 Å². The van der Waals surface area contributed by atoms with Crippen LogP contribution in [0.2, 0.25) is 0 Å². The van der Waals surface area contributed by atoms with Gasteiger partial charge < -0.3 is 15.0 Å². The molecule has 0 saturated heterocycles. The van der Waals surface area contributed by atoms with Gasteiger partial charge in [0, 0.05) is 18.3 Å². The summed E-state index contributed by atoms with van der Waals surface area (Å²) >= 11 is 0. The van der Waals surface area contributed by atoms with Gasteiger partial charge in [0.15, 0.2) is 0 Å². The van der Waals surface area contributed by atoms with Gasteiger partial charge in [-0.25, -0.2) is 9.97 Å². The van der Waals surface area contributed by atoms with Crippen molar-refractivity contribution in [3.05, 3.63) is 60.7 Å². The van der Waals surface area contributed by atoms with Crippen molar-refractivity contribution < 1.29 is 4.74 Å². The quantitative estimate of drug-likeness (QED) is 0.797. The summed E-state index contributed by atoms with van der Waals surface area (Å²) in [5, 5.41) is 0. The zero-order valence-electron chi connectivity index (χ0n) is 11.7. The lowest BCUT2D eigenvalue weighted by Crippen LogP contribution is -2.02. The molecule has 0 aliphatic rings. The average molecular weight is 280 g/mol. The van der Waals surface area contributed by atoms with Gasteiger partial charge in [0.05, 0.1) is 25.3 Å². The molecule has 0 spiro atoms. The van der Waals surface area contributed by atoms with Gasteiger partial charge in [-0.05, 0) is 29.8 Å². The Balaban J connectivity index is 1.90. The molecule has 0 unspecified atom stereocenters. The number of benzene rings is 1. The summed E-state index contributed by atoms with van der Waals surface area (Å²) < 4.78 is 7.22. The second-order valence-electron chi connectivity index (χ2n) is 4.69. The monoisotopic (exact) mass is 280 g/mol. The van der Waals surface area contributed by atoms with Crippen LogP contribution < -0.4 is 10.5 Å². The lowest BCUT2D eigenvalue weighted by molar-refractivity contribution is 0.414. The van der Waals surface area contributed by atoms with Gasteiger partial charge >= 0.3 is 0 Å². The number of hydrogen-bond acceptors (Lipinski definition) is 4. The highest BCUT2D eigenvalue weighted by Gasteiger charge is 2.09. The number of nitrogens with two attached hydrogens (primary N) is 1. The molecule has 0 fully saturated rings. The molecule has 0 aliphatic carbocycles. The van der Waals surface area contributed by atoms with Gasteiger partial charge in [-0.3, -0.25) is 0 Å². The summed E-state index contributed by atoms with van der Waals surface area (Å²) in [6.45, 7) is 0.716. The van der Waals surface area contributed by atoms with Crippen LogP contribution in [0.1, 0.15) is 5.56 Å². The number of imidazole rings is 1. The summed E-state index contributed by atoms with van der Waals surface area (Å²) in [7, 11) is 1.66. The Bertz CT molecular complexity index is 734. The molecule has 0 saturated carbocycles. The highest BCUT2D eigenvalue weighted by molar-refractivity contribution is 5.70. The largest absolute Gasteiger partial charge is 0.497 e. The van der Waals surface area contributed by atoms with Crippen LogP contribution in [0.15, 0.2) is 55.1 Å². The standard InChI is InChI=1S/C16H16N4O/c1-21-13-6-4-12(5-7-13)10-20-11-18-9-15(20)14-3-2-8-19-16(14)17/h2-9,11H,10H2,1H3,(H2,17,19). The smallest absolute Gasteiger partial charge is 0.132 e. The predicted molar refractivity (Wildman–Crippen MR) is 82.0 cm³/mol. The number of nitrogen functional groups attached to an aromatic ring is 1. The van der Waals surface area contributed by atoms with Crippen molar-refractivity contribution in [1.29, 1.82) is 0 Å². The van der Waals surface area contributed by atoms with Crippen LogP contribution >= 0.6 is 0 Å². The number of pyridine rings is 1. The lowest BCUT2D eigenvalue weighted by atomic mass is 10.1. The van der Waals surface area contributed by atoms with Gasteiger partial charge in [-0.2, -0.15) is 0 Å². The Morgan fingerprint density at radius 3 is 2.71 bits per heavy atom. The van der Waals surface area contributed by atoms with Gasteiger partial charge in [0.2, 0.25) is 0 Å². The Morgan fingerprint density at radius 1 is 1.19 bits per heavy atom. The van der Waals surface area contributed by atoms with E-state index in [1.807, 2.05) is 36.4 Å². The maximum Gasteiger partial charge on any atom is 0.132 e. The molecule has 3 aromatic rings. The third-order valence-corrected chi connectivity index (χ3v) is 3.34. The van der Waals surface area contributed by atoms with Crippen LogP contribution in [-0.2, 0) is 6.54 Å². The molecule has 0 radical (unpaired) electrons. The Morgan fingerprint density at radius 2 is 2.00 bits per heavy atom. The van der Waals surface area contributed by atoms with Crippen LogP contribution in [0.25, 0.3) is 11.3 Å². The van der Waals surface area contributed by atoms with E-state index in [0.29, 0.717) is 12.4 Å². The van der Waals surface area contributed by atoms with Gasteiger partial charge in [0.1, 0.15) is 11.6 Å². The van der Waals surface area contributed by atoms with Gasteiger partial charge in [0.25, 0.3) is 0 Å². The summed E-state index contributed by atoms with van der Waals surface area (Å²) in [5.41, 5.74) is 8.95. The van der Waals surface area contributed by atoms with E-state index < -0.39 is 0 Å². The normalized spacial score (nSPS) is 10.5. The zero-order valence-corrected chi connectivity index (χ0v) is 11.7. The summed E-state index contributed by atoms with van der Waals surface area (Å²) in [6.07, 6.45) is 5.28. The molecule has 0 bridgehead atoms. The number of anilines is 1. The molecule has 2 N–H and O–H groups in total. The van der Waals surface area contributed by atoms with Crippen molar-refractivity contribution in [2.75, 3.05) is 12.8 Å². The molecule has 0 amide bonds. The summed E-state index contributed by atoms with van der Waals surface area (Å²) in [5.74, 6) is 1.36. The van der Waals surface area contributed by atoms with Crippen LogP contribution in [0.5, 0.6) is 5.75 Å². The molecule has 1 aromatic carbocycles. The van der Waals surface area contributed by atoms with Gasteiger partial charge in [-0.1, -0.05) is 12.1 Å². The van der Waals surface area contributed by atoms with Crippen LogP contribution in [0.3, 0.4) is 0 Å². The second-order valence-corrected chi connectivity index (χ2v) is 4.69. The van der Waals surface area contributed by atoms with Crippen LogP contribution in [0, 0.1) is 0 Å². The summed E-state index contributed by atoms with van der Waals surface area (Å²) in [4.78, 5) is 8.35. The van der Waals surface area contributed by atoms with E-state index in [9.17, 15) is 0 Å². The topological polar surface area (TPSA) is 66.0 Å². The fourth-order valence-electron chi connectivity index (χ4n) is 2.23. The van der Waals surface area contributed by atoms with Crippen molar-refractivity contribution in [3.63, 3.8) is 0 Å². The fourth-order valence-corrected chi connectivity index (χ4v) is 2.23. The van der Waals surface area contributed by atoms with Crippen molar-refractivity contribution in [2.45, 2.75) is 6.54 Å². The van der Waals surface area contributed by atoms with Gasteiger partial charge in [-0.15, -0.1) is 0 Å². The third-order valence-electron chi connectivity index (χ3n) is 3.34. The summed E-state index contributed by atoms with van der Waals surface area (Å²) in [6, 6.07) is 11.8. The molecular formula is C16H16N4O. The number of nitrogens with zero attached hydrogens (tertiary/aromatic N) is 3. The molecule has 3 rings (SSSR count). The molecular weight excluding hydrogens is 264 g/mol. The van der Waals surface area contributed by atoms with E-state index in [2.05, 4.69) is 14.5 Å². The minimum absolute atomic E-state index is 0.508. The SMILES string of the molecule is COc1ccc(Cn2cncc2-c2cccnc2N)cc1. The molecule has 5 heteroatoms. The highest BCUT2D eigenvalue weighted by Crippen LogP contribution is 2.24. The van der Waals surface area contributed by atoms with Crippen molar-refractivity contribution in [1.82, 2.24) is 14.5 Å². The molecule has 5 nitrogen and oxygen atoms in total. The van der Waals surface area contributed by atoms with Crippen LogP contribution in [0.4, 0.5) is 5.82 Å². The number of methoxy groups -OCH3 is 1. The lowest BCUT2D eigenvalue weighted by Gasteiger charge is -2.10. The number of rotatable bonds is 4. The molecule has 0 aliphatic heterocycles. The minimum atomic E-state index is 0.508. The van der Waals surface area contributed by atoms with Crippen molar-refractivity contribution in [3.8, 4) is 17.0 Å². The fraction of sp³-hybridized carbons (Fsp3) is 0.125. The predicted octanol–water partition coefficient (Wildman–Crippen LogP) is 2.58. The Kier molecular flexibility index (Phi) is 3.55.